The predicted octanol–water partition coefficient (Wildman–Crippen LogP) is 0.624. The SMILES string of the molecule is NCCO.c1ccccc1. The van der Waals surface area contributed by atoms with Crippen LogP contribution in [-0.4, -0.2) is 18.3 Å². The minimum Gasteiger partial charge on any atom is -0.395 e. The molecule has 2 heteroatoms. The standard InChI is InChI=1S/C6H6.C2H7NO/c1-2-4-6-5-3-1;3-1-2-4/h1-6H;4H,1-3H2. The van der Waals surface area contributed by atoms with Crippen molar-refractivity contribution in [2.75, 3.05) is 13.2 Å². The second-order valence-electron chi connectivity index (χ2n) is 1.67. The molecule has 0 saturated carbocycles. The molecule has 0 atom stereocenters. The van der Waals surface area contributed by atoms with E-state index in [0.29, 0.717) is 6.54 Å². The van der Waals surface area contributed by atoms with E-state index in [1.807, 2.05) is 36.4 Å². The Labute approximate surface area is 61.3 Å². The van der Waals surface area contributed by atoms with E-state index in [1.54, 1.807) is 0 Å². The molecule has 1 rings (SSSR count). The van der Waals surface area contributed by atoms with Crippen LogP contribution in [-0.2, 0) is 0 Å². The molecule has 0 radical (unpaired) electrons. The van der Waals surface area contributed by atoms with E-state index in [-0.39, 0.29) is 6.61 Å². The van der Waals surface area contributed by atoms with Gasteiger partial charge >= 0.3 is 0 Å². The maximum atomic E-state index is 7.75. The van der Waals surface area contributed by atoms with E-state index < -0.39 is 0 Å². The van der Waals surface area contributed by atoms with Crippen molar-refractivity contribution >= 4 is 0 Å². The molecule has 0 saturated heterocycles. The predicted molar refractivity (Wildman–Crippen MR) is 42.6 cm³/mol. The molecule has 3 N–H and O–H groups in total. The van der Waals surface area contributed by atoms with Gasteiger partial charge in [0.2, 0.25) is 0 Å². The number of nitrogens with two attached hydrogens (primary N) is 1. The van der Waals surface area contributed by atoms with Crippen LogP contribution in [0.5, 0.6) is 0 Å². The van der Waals surface area contributed by atoms with Gasteiger partial charge in [-0.2, -0.15) is 0 Å². The van der Waals surface area contributed by atoms with E-state index in [0.717, 1.165) is 0 Å². The lowest BCUT2D eigenvalue weighted by molar-refractivity contribution is 0.306. The monoisotopic (exact) mass is 139 g/mol. The fourth-order valence-electron chi connectivity index (χ4n) is 0.385. The van der Waals surface area contributed by atoms with Gasteiger partial charge in [-0.3, -0.25) is 0 Å². The first kappa shape index (κ1) is 9.14. The van der Waals surface area contributed by atoms with Crippen molar-refractivity contribution in [3.8, 4) is 0 Å². The maximum Gasteiger partial charge on any atom is 0.0553 e. The van der Waals surface area contributed by atoms with Gasteiger partial charge < -0.3 is 10.8 Å². The van der Waals surface area contributed by atoms with Gasteiger partial charge in [0.15, 0.2) is 0 Å². The van der Waals surface area contributed by atoms with E-state index in [4.69, 9.17) is 10.8 Å². The summed E-state index contributed by atoms with van der Waals surface area (Å²) < 4.78 is 0. The topological polar surface area (TPSA) is 46.2 Å². The molecule has 0 fully saturated rings. The molecule has 0 heterocycles. The van der Waals surface area contributed by atoms with Crippen molar-refractivity contribution in [1.29, 1.82) is 0 Å². The quantitative estimate of drug-likeness (QED) is 0.599. The highest BCUT2D eigenvalue weighted by atomic mass is 16.3. The summed E-state index contributed by atoms with van der Waals surface area (Å²) >= 11 is 0. The normalized spacial score (nSPS) is 7.80. The molecule has 1 aromatic rings. The van der Waals surface area contributed by atoms with E-state index in [1.165, 1.54) is 0 Å². The summed E-state index contributed by atoms with van der Waals surface area (Å²) in [6.07, 6.45) is 0. The van der Waals surface area contributed by atoms with Crippen molar-refractivity contribution in [3.63, 3.8) is 0 Å². The summed E-state index contributed by atoms with van der Waals surface area (Å²) in [6.45, 7) is 0.472. The first-order valence-corrected chi connectivity index (χ1v) is 3.22. The van der Waals surface area contributed by atoms with E-state index >= 15 is 0 Å². The van der Waals surface area contributed by atoms with Crippen molar-refractivity contribution < 1.29 is 5.11 Å². The maximum absolute atomic E-state index is 7.75. The molecule has 0 aliphatic heterocycles. The third-order valence-corrected chi connectivity index (χ3v) is 0.796. The lowest BCUT2D eigenvalue weighted by Gasteiger charge is -1.71. The van der Waals surface area contributed by atoms with Crippen LogP contribution in [0.4, 0.5) is 0 Å². The Balaban J connectivity index is 0.000000180. The van der Waals surface area contributed by atoms with Crippen LogP contribution in [0.15, 0.2) is 36.4 Å². The second-order valence-corrected chi connectivity index (χ2v) is 1.67. The largest absolute Gasteiger partial charge is 0.395 e. The fraction of sp³-hybridized carbons (Fsp3) is 0.250. The van der Waals surface area contributed by atoms with Crippen molar-refractivity contribution in [3.05, 3.63) is 36.4 Å². The number of benzene rings is 1. The van der Waals surface area contributed by atoms with Gasteiger partial charge in [0, 0.05) is 6.54 Å². The van der Waals surface area contributed by atoms with Gasteiger partial charge in [0.05, 0.1) is 6.61 Å². The van der Waals surface area contributed by atoms with E-state index in [9.17, 15) is 0 Å². The molecular formula is C8H13NO. The van der Waals surface area contributed by atoms with Crippen LogP contribution in [0.3, 0.4) is 0 Å². The van der Waals surface area contributed by atoms with Gasteiger partial charge in [0.25, 0.3) is 0 Å². The number of rotatable bonds is 1. The Hall–Kier alpha value is -0.860. The Morgan fingerprint density at radius 1 is 0.900 bits per heavy atom. The molecule has 0 aromatic heterocycles. The summed E-state index contributed by atoms with van der Waals surface area (Å²) in [7, 11) is 0. The highest BCUT2D eigenvalue weighted by Crippen LogP contribution is 1.79. The minimum absolute atomic E-state index is 0.0972. The average Bonchev–Trinajstić information content (AvgIpc) is 2.08. The Morgan fingerprint density at radius 3 is 1.20 bits per heavy atom. The zero-order chi connectivity index (χ0) is 7.66. The van der Waals surface area contributed by atoms with E-state index in [2.05, 4.69) is 0 Å². The second kappa shape index (κ2) is 8.14. The van der Waals surface area contributed by atoms with Crippen LogP contribution >= 0.6 is 0 Å². The smallest absolute Gasteiger partial charge is 0.0553 e. The molecule has 0 aliphatic rings. The Bertz CT molecular complexity index is 101. The van der Waals surface area contributed by atoms with Crippen LogP contribution < -0.4 is 5.73 Å². The first-order chi connectivity index (χ1) is 4.91. The highest BCUT2D eigenvalue weighted by Gasteiger charge is 1.58. The van der Waals surface area contributed by atoms with Gasteiger partial charge in [-0.1, -0.05) is 36.4 Å². The van der Waals surface area contributed by atoms with Crippen LogP contribution in [0, 0.1) is 0 Å². The summed E-state index contributed by atoms with van der Waals surface area (Å²) in [4.78, 5) is 0. The van der Waals surface area contributed by atoms with Crippen LogP contribution in [0.1, 0.15) is 0 Å². The number of aliphatic hydroxyl groups is 1. The summed E-state index contributed by atoms with van der Waals surface area (Å²) in [6, 6.07) is 12.0. The Kier molecular flexibility index (Phi) is 7.44. The summed E-state index contributed by atoms with van der Waals surface area (Å²) in [5, 5.41) is 7.75. The molecular weight excluding hydrogens is 126 g/mol. The summed E-state index contributed by atoms with van der Waals surface area (Å²) in [5.74, 6) is 0. The lowest BCUT2D eigenvalue weighted by Crippen LogP contribution is -2.02. The zero-order valence-electron chi connectivity index (χ0n) is 5.90. The van der Waals surface area contributed by atoms with Crippen molar-refractivity contribution in [2.24, 2.45) is 5.73 Å². The lowest BCUT2D eigenvalue weighted by atomic mass is 10.4. The first-order valence-electron chi connectivity index (χ1n) is 3.22. The van der Waals surface area contributed by atoms with Gasteiger partial charge in [-0.25, -0.2) is 0 Å². The van der Waals surface area contributed by atoms with Crippen LogP contribution in [0.25, 0.3) is 0 Å². The van der Waals surface area contributed by atoms with Gasteiger partial charge in [0.1, 0.15) is 0 Å². The summed E-state index contributed by atoms with van der Waals surface area (Å²) in [5.41, 5.74) is 4.78. The van der Waals surface area contributed by atoms with Gasteiger partial charge in [-0.15, -0.1) is 0 Å². The molecule has 1 aromatic carbocycles. The molecule has 0 bridgehead atoms. The molecule has 0 aliphatic carbocycles. The highest BCUT2D eigenvalue weighted by molar-refractivity contribution is 4.99. The molecule has 2 nitrogen and oxygen atoms in total. The number of hydrogen-bond acceptors (Lipinski definition) is 2. The van der Waals surface area contributed by atoms with Crippen molar-refractivity contribution in [1.82, 2.24) is 0 Å². The zero-order valence-corrected chi connectivity index (χ0v) is 5.90. The van der Waals surface area contributed by atoms with Crippen molar-refractivity contribution in [2.45, 2.75) is 0 Å². The molecule has 0 amide bonds. The van der Waals surface area contributed by atoms with Gasteiger partial charge in [-0.05, 0) is 0 Å². The fourth-order valence-corrected chi connectivity index (χ4v) is 0.385. The average molecular weight is 139 g/mol. The molecule has 0 unspecified atom stereocenters. The minimum atomic E-state index is 0.0972. The Morgan fingerprint density at radius 2 is 1.10 bits per heavy atom. The molecule has 56 valence electrons. The third-order valence-electron chi connectivity index (χ3n) is 0.796. The van der Waals surface area contributed by atoms with Crippen LogP contribution in [0.2, 0.25) is 0 Å². The molecule has 0 spiro atoms. The third kappa shape index (κ3) is 7.14. The molecule has 10 heavy (non-hydrogen) atoms. The number of hydrogen-bond donors (Lipinski definition) is 2. The number of aliphatic hydroxyl groups excluding tert-OH is 1.